The average Bonchev–Trinajstić information content (AvgIpc) is 2.88. The molecule has 1 unspecified atom stereocenters. The first-order valence-corrected chi connectivity index (χ1v) is 8.05. The summed E-state index contributed by atoms with van der Waals surface area (Å²) in [6, 6.07) is 0. The molecule has 2 heterocycles. The fourth-order valence-electron chi connectivity index (χ4n) is 2.49. The molecular weight excluding hydrogens is 394 g/mol. The predicted molar refractivity (Wildman–Crippen MR) is 85.1 cm³/mol. The number of nitrogens with zero attached hydrogens (tertiary/aromatic N) is 1. The summed E-state index contributed by atoms with van der Waals surface area (Å²) in [5, 5.41) is 38.7. The Labute approximate surface area is 145 Å². The van der Waals surface area contributed by atoms with Crippen molar-refractivity contribution in [2.24, 2.45) is 4.99 Å². The molecule has 9 heteroatoms. The summed E-state index contributed by atoms with van der Waals surface area (Å²) in [5.74, 6) is 0.304. The van der Waals surface area contributed by atoms with Crippen LogP contribution in [0.25, 0.3) is 0 Å². The zero-order valence-corrected chi connectivity index (χ0v) is 14.1. The van der Waals surface area contributed by atoms with E-state index in [-0.39, 0.29) is 0 Å². The molecule has 1 fully saturated rings. The molecule has 126 valence electrons. The van der Waals surface area contributed by atoms with Gasteiger partial charge in [-0.15, -0.1) is 0 Å². The number of ether oxygens (including phenoxy) is 2. The van der Waals surface area contributed by atoms with Gasteiger partial charge >= 0.3 is 0 Å². The predicted octanol–water partition coefficient (Wildman–Crippen LogP) is -0.0749. The third-order valence-electron chi connectivity index (χ3n) is 3.75. The van der Waals surface area contributed by atoms with Crippen molar-refractivity contribution in [3.63, 3.8) is 0 Å². The summed E-state index contributed by atoms with van der Waals surface area (Å²) < 4.78 is 10.0. The number of allylic oxidation sites excluding steroid dienone is 4. The van der Waals surface area contributed by atoms with Crippen LogP contribution in [0, 0.1) is 0 Å². The number of halogens is 2. The molecule has 4 N–H and O–H groups in total. The van der Waals surface area contributed by atoms with Gasteiger partial charge in [0.15, 0.2) is 0 Å². The fourth-order valence-corrected chi connectivity index (χ4v) is 3.02. The zero-order chi connectivity index (χ0) is 16.8. The second kappa shape index (κ2) is 6.29. The van der Waals surface area contributed by atoms with Crippen LogP contribution in [0.5, 0.6) is 0 Å². The van der Waals surface area contributed by atoms with Crippen LogP contribution in [0.2, 0.25) is 0 Å². The molecule has 7 nitrogen and oxygen atoms in total. The third-order valence-corrected chi connectivity index (χ3v) is 4.48. The van der Waals surface area contributed by atoms with Crippen LogP contribution in [-0.4, -0.2) is 67.2 Å². The lowest BCUT2D eigenvalue weighted by Gasteiger charge is -2.39. The molecule has 3 rings (SSSR count). The minimum absolute atomic E-state index is 0.304. The monoisotopic (exact) mass is 407 g/mol. The number of alkyl halides is 2. The van der Waals surface area contributed by atoms with Crippen LogP contribution in [0.4, 0.5) is 0 Å². The Morgan fingerprint density at radius 2 is 2.04 bits per heavy atom. The van der Waals surface area contributed by atoms with Crippen molar-refractivity contribution in [2.75, 3.05) is 6.61 Å². The number of fused-ring (bicyclic) bond motifs is 1. The minimum atomic E-state index is -1.50. The van der Waals surface area contributed by atoms with E-state index in [0.29, 0.717) is 17.0 Å². The van der Waals surface area contributed by atoms with Gasteiger partial charge in [-0.2, -0.15) is 0 Å². The molecule has 0 amide bonds. The van der Waals surface area contributed by atoms with Gasteiger partial charge in [0.05, 0.1) is 18.5 Å². The maximum absolute atomic E-state index is 10.0. The molecule has 0 aromatic rings. The van der Waals surface area contributed by atoms with Crippen molar-refractivity contribution in [1.82, 2.24) is 0 Å². The van der Waals surface area contributed by atoms with E-state index in [1.807, 2.05) is 0 Å². The molecule has 0 radical (unpaired) electrons. The number of hydrogen-bond acceptors (Lipinski definition) is 7. The summed E-state index contributed by atoms with van der Waals surface area (Å²) >= 11 is 9.50. The van der Waals surface area contributed by atoms with Crippen LogP contribution in [0.3, 0.4) is 0 Å². The van der Waals surface area contributed by atoms with Gasteiger partial charge in [-0.25, -0.2) is 0 Å². The van der Waals surface area contributed by atoms with E-state index in [0.717, 1.165) is 0 Å². The van der Waals surface area contributed by atoms with Crippen molar-refractivity contribution in [1.29, 1.82) is 0 Å². The van der Waals surface area contributed by atoms with Crippen molar-refractivity contribution in [2.45, 2.75) is 34.5 Å². The highest BCUT2D eigenvalue weighted by Crippen LogP contribution is 2.37. The molecule has 0 aromatic heterocycles. The highest BCUT2D eigenvalue weighted by atomic mass is 79.9. The lowest BCUT2D eigenvalue weighted by molar-refractivity contribution is -0.290. The van der Waals surface area contributed by atoms with E-state index in [1.165, 1.54) is 6.20 Å². The maximum atomic E-state index is 10.0. The van der Waals surface area contributed by atoms with Crippen LogP contribution < -0.4 is 0 Å². The van der Waals surface area contributed by atoms with Crippen LogP contribution in [-0.2, 0) is 9.47 Å². The van der Waals surface area contributed by atoms with Gasteiger partial charge in [-0.3, -0.25) is 4.99 Å². The van der Waals surface area contributed by atoms with Crippen LogP contribution in [0.15, 0.2) is 40.8 Å². The molecule has 0 bridgehead atoms. The van der Waals surface area contributed by atoms with E-state index in [4.69, 9.17) is 21.1 Å². The molecule has 0 saturated carbocycles. The number of rotatable bonds is 3. The topological polar surface area (TPSA) is 112 Å². The van der Waals surface area contributed by atoms with E-state index in [9.17, 15) is 20.4 Å². The number of hydrogen-bond donors (Lipinski definition) is 4. The van der Waals surface area contributed by atoms with Gasteiger partial charge in [0.2, 0.25) is 6.29 Å². The molecular formula is C14H15BrClNO6. The molecule has 3 aliphatic rings. The number of aliphatic imine (C=N–C) groups is 1. The average molecular weight is 409 g/mol. The summed E-state index contributed by atoms with van der Waals surface area (Å²) in [4.78, 5) is 4.16. The Bertz CT molecular complexity index is 614. The number of aliphatic hydroxyl groups is 4. The van der Waals surface area contributed by atoms with E-state index >= 15 is 0 Å². The van der Waals surface area contributed by atoms with Crippen molar-refractivity contribution < 1.29 is 29.9 Å². The van der Waals surface area contributed by atoms with Gasteiger partial charge in [-0.05, 0) is 18.2 Å². The Kier molecular flexibility index (Phi) is 4.67. The quantitative estimate of drug-likeness (QED) is 0.486. The van der Waals surface area contributed by atoms with Gasteiger partial charge < -0.3 is 29.9 Å². The van der Waals surface area contributed by atoms with Gasteiger partial charge in [0, 0.05) is 5.57 Å². The molecule has 23 heavy (non-hydrogen) atoms. The third kappa shape index (κ3) is 3.25. The van der Waals surface area contributed by atoms with Gasteiger partial charge in [0.1, 0.15) is 34.0 Å². The Hall–Kier alpha value is -0.740. The molecule has 1 saturated heterocycles. The lowest BCUT2D eigenvalue weighted by atomic mass is 9.99. The van der Waals surface area contributed by atoms with Crippen LogP contribution in [0.1, 0.15) is 0 Å². The second-order valence-corrected chi connectivity index (χ2v) is 7.78. The normalized spacial score (nSPS) is 42.7. The summed E-state index contributed by atoms with van der Waals surface area (Å²) in [7, 11) is 0. The SMILES string of the molecule is OC[C@H]1O[C@@H](OC2=CN=C3C=CC(Cl)(Br)C=C23)[C@H](O)[C@@H](O)[C@H]1O. The number of aliphatic hydroxyl groups excluding tert-OH is 4. The standard InChI is InChI=1S/C14H15BrClNO6/c15-14(16)2-1-7-6(3-14)8(4-17-7)22-13-12(21)11(20)10(19)9(5-18)23-13/h1-4,9-13,18-21H,5H2/t9-,10+,11+,12-,13-,14?/m1/s1. The van der Waals surface area contributed by atoms with Crippen molar-refractivity contribution in [3.8, 4) is 0 Å². The summed E-state index contributed by atoms with van der Waals surface area (Å²) in [5.41, 5.74) is 1.25. The smallest absolute Gasteiger partial charge is 0.229 e. The van der Waals surface area contributed by atoms with E-state index in [2.05, 4.69) is 20.9 Å². The summed E-state index contributed by atoms with van der Waals surface area (Å²) in [6.07, 6.45) is -0.177. The maximum Gasteiger partial charge on any atom is 0.229 e. The minimum Gasteiger partial charge on any atom is -0.460 e. The Morgan fingerprint density at radius 3 is 2.74 bits per heavy atom. The second-order valence-electron chi connectivity index (χ2n) is 5.39. The highest BCUT2D eigenvalue weighted by Gasteiger charge is 2.45. The highest BCUT2D eigenvalue weighted by molar-refractivity contribution is 9.10. The molecule has 2 aliphatic heterocycles. The first-order chi connectivity index (χ1) is 10.8. The van der Waals surface area contributed by atoms with Crippen molar-refractivity contribution in [3.05, 3.63) is 35.8 Å². The van der Waals surface area contributed by atoms with Gasteiger partial charge in [-0.1, -0.05) is 27.5 Å². The molecule has 1 aliphatic carbocycles. The molecule has 6 atom stereocenters. The first kappa shape index (κ1) is 17.1. The van der Waals surface area contributed by atoms with Gasteiger partial charge in [0.25, 0.3) is 0 Å². The zero-order valence-electron chi connectivity index (χ0n) is 11.7. The summed E-state index contributed by atoms with van der Waals surface area (Å²) in [6.45, 7) is -0.525. The Balaban J connectivity index is 1.76. The molecule has 0 aromatic carbocycles. The largest absolute Gasteiger partial charge is 0.460 e. The van der Waals surface area contributed by atoms with Crippen molar-refractivity contribution >= 4 is 33.2 Å². The molecule has 0 spiro atoms. The Morgan fingerprint density at radius 1 is 1.30 bits per heavy atom. The van der Waals surface area contributed by atoms with E-state index < -0.39 is 41.1 Å². The van der Waals surface area contributed by atoms with E-state index in [1.54, 1.807) is 18.2 Å². The van der Waals surface area contributed by atoms with Crippen LogP contribution >= 0.6 is 27.5 Å². The first-order valence-electron chi connectivity index (χ1n) is 6.88. The fraction of sp³-hybridized carbons (Fsp3) is 0.500. The lowest BCUT2D eigenvalue weighted by Crippen LogP contribution is -2.59.